The molecule has 0 bridgehead atoms. The van der Waals surface area contributed by atoms with Crippen molar-refractivity contribution in [3.63, 3.8) is 0 Å². The summed E-state index contributed by atoms with van der Waals surface area (Å²) in [7, 11) is 0. The first kappa shape index (κ1) is 13.7. The van der Waals surface area contributed by atoms with Crippen molar-refractivity contribution in [2.75, 3.05) is 0 Å². The molecule has 1 atom stereocenters. The minimum atomic E-state index is -0.0857. The van der Waals surface area contributed by atoms with Crippen LogP contribution in [0.25, 0.3) is 0 Å². The molecule has 0 fully saturated rings. The summed E-state index contributed by atoms with van der Waals surface area (Å²) in [5, 5.41) is 10.8. The fourth-order valence-electron chi connectivity index (χ4n) is 1.77. The Morgan fingerprint density at radius 1 is 1.22 bits per heavy atom. The predicted octanol–water partition coefficient (Wildman–Crippen LogP) is 4.71. The molecule has 2 nitrogen and oxygen atoms in total. The molecule has 1 unspecified atom stereocenters. The van der Waals surface area contributed by atoms with E-state index in [0.29, 0.717) is 4.83 Å². The lowest BCUT2D eigenvalue weighted by atomic mass is 9.85. The van der Waals surface area contributed by atoms with E-state index in [0.717, 1.165) is 16.4 Å². The predicted molar refractivity (Wildman–Crippen MR) is 80.4 cm³/mol. The summed E-state index contributed by atoms with van der Waals surface area (Å²) in [6, 6.07) is 10.5. The summed E-state index contributed by atoms with van der Waals surface area (Å²) in [4.78, 5) is 0.315. The number of hydrogen-bond donors (Lipinski definition) is 0. The van der Waals surface area contributed by atoms with Crippen LogP contribution >= 0.6 is 27.3 Å². The molecule has 0 aliphatic rings. The molecule has 18 heavy (non-hydrogen) atoms. The normalized spacial score (nSPS) is 13.6. The molecular weight excluding hydrogens is 308 g/mol. The molecule has 0 amide bonds. The highest BCUT2D eigenvalue weighted by Gasteiger charge is 2.28. The second-order valence-corrected chi connectivity index (χ2v) is 6.93. The first-order chi connectivity index (χ1) is 8.55. The molecule has 0 spiro atoms. The van der Waals surface area contributed by atoms with Gasteiger partial charge in [0.1, 0.15) is 10.0 Å². The van der Waals surface area contributed by atoms with Crippen molar-refractivity contribution in [3.05, 3.63) is 45.9 Å². The van der Waals surface area contributed by atoms with Gasteiger partial charge in [0.15, 0.2) is 0 Å². The second-order valence-electron chi connectivity index (χ2n) is 4.81. The van der Waals surface area contributed by atoms with Crippen LogP contribution in [0.3, 0.4) is 0 Å². The standard InChI is InChI=1S/C14H17BrN2S/c1-4-11(15)12-16-17-13(18-12)14(2,3)10-8-6-5-7-9-10/h5-9,11H,4H2,1-3H3. The summed E-state index contributed by atoms with van der Waals surface area (Å²) >= 11 is 5.33. The van der Waals surface area contributed by atoms with Gasteiger partial charge < -0.3 is 0 Å². The molecule has 0 N–H and O–H groups in total. The largest absolute Gasteiger partial charge is 0.143 e. The van der Waals surface area contributed by atoms with Crippen LogP contribution in [-0.2, 0) is 5.41 Å². The van der Waals surface area contributed by atoms with Gasteiger partial charge in [-0.2, -0.15) is 0 Å². The molecule has 1 aromatic carbocycles. The summed E-state index contributed by atoms with van der Waals surface area (Å²) in [6.45, 7) is 6.53. The van der Waals surface area contributed by atoms with Crippen molar-refractivity contribution in [3.8, 4) is 0 Å². The summed E-state index contributed by atoms with van der Waals surface area (Å²) in [5.74, 6) is 0. The zero-order valence-corrected chi connectivity index (χ0v) is 13.3. The van der Waals surface area contributed by atoms with Crippen molar-refractivity contribution in [2.24, 2.45) is 0 Å². The van der Waals surface area contributed by atoms with E-state index in [2.05, 4.69) is 71.2 Å². The number of aromatic nitrogens is 2. The molecule has 4 heteroatoms. The van der Waals surface area contributed by atoms with Gasteiger partial charge in [-0.1, -0.05) is 64.5 Å². The maximum atomic E-state index is 4.37. The molecule has 1 heterocycles. The molecule has 0 saturated heterocycles. The number of nitrogens with zero attached hydrogens (tertiary/aromatic N) is 2. The minimum Gasteiger partial charge on any atom is -0.143 e. The smallest absolute Gasteiger partial charge is 0.131 e. The highest BCUT2D eigenvalue weighted by Crippen LogP contribution is 2.36. The maximum absolute atomic E-state index is 4.37. The van der Waals surface area contributed by atoms with Crippen LogP contribution in [-0.4, -0.2) is 10.2 Å². The molecule has 0 radical (unpaired) electrons. The maximum Gasteiger partial charge on any atom is 0.131 e. The van der Waals surface area contributed by atoms with Gasteiger partial charge in [0.2, 0.25) is 0 Å². The van der Waals surface area contributed by atoms with Gasteiger partial charge in [-0.3, -0.25) is 0 Å². The van der Waals surface area contributed by atoms with Crippen LogP contribution in [0.2, 0.25) is 0 Å². The van der Waals surface area contributed by atoms with E-state index in [1.807, 2.05) is 6.07 Å². The minimum absolute atomic E-state index is 0.0857. The average molecular weight is 325 g/mol. The van der Waals surface area contributed by atoms with Crippen molar-refractivity contribution < 1.29 is 0 Å². The van der Waals surface area contributed by atoms with Crippen molar-refractivity contribution >= 4 is 27.3 Å². The Hall–Kier alpha value is -0.740. The van der Waals surface area contributed by atoms with Crippen LogP contribution in [0.15, 0.2) is 30.3 Å². The van der Waals surface area contributed by atoms with E-state index in [4.69, 9.17) is 0 Å². The summed E-state index contributed by atoms with van der Waals surface area (Å²) in [5.41, 5.74) is 1.19. The summed E-state index contributed by atoms with van der Waals surface area (Å²) < 4.78 is 0. The Balaban J connectivity index is 2.33. The van der Waals surface area contributed by atoms with Gasteiger partial charge in [-0.25, -0.2) is 0 Å². The van der Waals surface area contributed by atoms with Crippen LogP contribution < -0.4 is 0 Å². The van der Waals surface area contributed by atoms with Crippen LogP contribution in [0, 0.1) is 0 Å². The van der Waals surface area contributed by atoms with E-state index >= 15 is 0 Å². The first-order valence-electron chi connectivity index (χ1n) is 6.09. The van der Waals surface area contributed by atoms with Crippen LogP contribution in [0.4, 0.5) is 0 Å². The van der Waals surface area contributed by atoms with E-state index in [-0.39, 0.29) is 5.41 Å². The van der Waals surface area contributed by atoms with Gasteiger partial charge in [0, 0.05) is 5.41 Å². The molecule has 96 valence electrons. The monoisotopic (exact) mass is 324 g/mol. The van der Waals surface area contributed by atoms with Gasteiger partial charge in [-0.15, -0.1) is 10.2 Å². The molecule has 1 aromatic heterocycles. The SMILES string of the molecule is CCC(Br)c1nnc(C(C)(C)c2ccccc2)s1. The number of alkyl halides is 1. The lowest BCUT2D eigenvalue weighted by Gasteiger charge is -2.21. The Kier molecular flexibility index (Phi) is 4.17. The lowest BCUT2D eigenvalue weighted by Crippen LogP contribution is -2.18. The Morgan fingerprint density at radius 2 is 1.89 bits per heavy atom. The second kappa shape index (κ2) is 5.49. The van der Waals surface area contributed by atoms with Crippen molar-refractivity contribution in [1.29, 1.82) is 0 Å². The topological polar surface area (TPSA) is 25.8 Å². The Bertz CT molecular complexity index is 508. The molecule has 0 saturated carbocycles. The van der Waals surface area contributed by atoms with Gasteiger partial charge >= 0.3 is 0 Å². The number of hydrogen-bond acceptors (Lipinski definition) is 3. The zero-order valence-electron chi connectivity index (χ0n) is 10.9. The fraction of sp³-hybridized carbons (Fsp3) is 0.429. The molecule has 0 aliphatic heterocycles. The van der Waals surface area contributed by atoms with Gasteiger partial charge in [-0.05, 0) is 25.8 Å². The molecule has 0 aliphatic carbocycles. The van der Waals surface area contributed by atoms with Crippen molar-refractivity contribution in [1.82, 2.24) is 10.2 Å². The van der Waals surface area contributed by atoms with E-state index in [9.17, 15) is 0 Å². The van der Waals surface area contributed by atoms with Gasteiger partial charge in [0.05, 0.1) is 4.83 Å². The third-order valence-electron chi connectivity index (χ3n) is 3.10. The highest BCUT2D eigenvalue weighted by atomic mass is 79.9. The zero-order chi connectivity index (χ0) is 13.2. The Labute approximate surface area is 121 Å². The third-order valence-corrected chi connectivity index (χ3v) is 5.84. The Morgan fingerprint density at radius 3 is 2.50 bits per heavy atom. The molecule has 2 rings (SSSR count). The van der Waals surface area contributed by atoms with E-state index < -0.39 is 0 Å². The number of benzene rings is 1. The molecule has 2 aromatic rings. The lowest BCUT2D eigenvalue weighted by molar-refractivity contribution is 0.625. The van der Waals surface area contributed by atoms with E-state index in [1.165, 1.54) is 5.56 Å². The highest BCUT2D eigenvalue weighted by molar-refractivity contribution is 9.09. The number of halogens is 1. The van der Waals surface area contributed by atoms with Crippen LogP contribution in [0.5, 0.6) is 0 Å². The fourth-order valence-corrected chi connectivity index (χ4v) is 3.17. The van der Waals surface area contributed by atoms with Crippen LogP contribution in [0.1, 0.15) is 47.6 Å². The first-order valence-corrected chi connectivity index (χ1v) is 7.82. The quantitative estimate of drug-likeness (QED) is 0.761. The summed E-state index contributed by atoms with van der Waals surface area (Å²) in [6.07, 6.45) is 1.03. The third kappa shape index (κ3) is 2.64. The van der Waals surface area contributed by atoms with E-state index in [1.54, 1.807) is 11.3 Å². The molecular formula is C14H17BrN2S. The average Bonchev–Trinajstić information content (AvgIpc) is 2.89. The van der Waals surface area contributed by atoms with Gasteiger partial charge in [0.25, 0.3) is 0 Å². The number of rotatable bonds is 4. The van der Waals surface area contributed by atoms with Crippen molar-refractivity contribution in [2.45, 2.75) is 37.4 Å².